The Morgan fingerprint density at radius 1 is 1.28 bits per heavy atom. The van der Waals surface area contributed by atoms with Crippen molar-refractivity contribution in [3.8, 4) is 10.7 Å². The summed E-state index contributed by atoms with van der Waals surface area (Å²) in [5.74, 6) is 0.806. The summed E-state index contributed by atoms with van der Waals surface area (Å²) >= 11 is 13.5. The predicted octanol–water partition coefficient (Wildman–Crippen LogP) is 4.56. The number of aryl methyl sites for hydroxylation is 1. The molecule has 18 heavy (non-hydrogen) atoms. The number of rotatable bonds is 2. The Hall–Kier alpha value is -1.10. The van der Waals surface area contributed by atoms with Gasteiger partial charge in [0.1, 0.15) is 5.15 Å². The number of hydrogen-bond donors (Lipinski definition) is 1. The fourth-order valence-electron chi connectivity index (χ4n) is 1.71. The zero-order valence-electron chi connectivity index (χ0n) is 9.50. The minimum absolute atomic E-state index is 0.280. The maximum atomic E-state index is 5.93. The Bertz CT molecular complexity index is 678. The van der Waals surface area contributed by atoms with E-state index in [0.29, 0.717) is 10.7 Å². The summed E-state index contributed by atoms with van der Waals surface area (Å²) in [5.41, 5.74) is 1.39. The van der Waals surface area contributed by atoms with Crippen LogP contribution in [0.3, 0.4) is 0 Å². The third-order valence-electron chi connectivity index (χ3n) is 2.63. The standard InChI is InChI=1S/C12H9Cl2N3S/c1-2-6-3-4-9(18-6)12-15-8-5-7(13)10(14)16-11(8)17-12/h3-5H,2H2,1H3,(H,15,16,17). The highest BCUT2D eigenvalue weighted by Gasteiger charge is 2.10. The van der Waals surface area contributed by atoms with Crippen LogP contribution in [0.1, 0.15) is 11.8 Å². The Labute approximate surface area is 118 Å². The van der Waals surface area contributed by atoms with Gasteiger partial charge in [0.2, 0.25) is 0 Å². The molecule has 0 aliphatic rings. The maximum Gasteiger partial charge on any atom is 0.179 e. The lowest BCUT2D eigenvalue weighted by Gasteiger charge is -1.92. The molecular formula is C12H9Cl2N3S. The number of aromatic nitrogens is 3. The average molecular weight is 298 g/mol. The molecule has 0 spiro atoms. The molecule has 0 fully saturated rings. The third-order valence-corrected chi connectivity index (χ3v) is 4.54. The monoisotopic (exact) mass is 297 g/mol. The quantitative estimate of drug-likeness (QED) is 0.705. The Morgan fingerprint density at radius 2 is 2.11 bits per heavy atom. The molecule has 0 aromatic carbocycles. The molecule has 0 aliphatic carbocycles. The zero-order valence-corrected chi connectivity index (χ0v) is 11.8. The molecule has 3 heterocycles. The number of imidazole rings is 1. The number of halogens is 2. The van der Waals surface area contributed by atoms with Gasteiger partial charge < -0.3 is 4.98 Å². The fraction of sp³-hybridized carbons (Fsp3) is 0.167. The summed E-state index contributed by atoms with van der Waals surface area (Å²) in [6.45, 7) is 2.13. The number of hydrogen-bond acceptors (Lipinski definition) is 3. The highest BCUT2D eigenvalue weighted by Crippen LogP contribution is 2.29. The highest BCUT2D eigenvalue weighted by molar-refractivity contribution is 7.15. The van der Waals surface area contributed by atoms with Crippen LogP contribution in [0.2, 0.25) is 10.2 Å². The molecule has 3 aromatic heterocycles. The fourth-order valence-corrected chi connectivity index (χ4v) is 2.89. The van der Waals surface area contributed by atoms with Crippen LogP contribution in [0.5, 0.6) is 0 Å². The van der Waals surface area contributed by atoms with E-state index in [1.54, 1.807) is 17.4 Å². The van der Waals surface area contributed by atoms with Crippen molar-refractivity contribution in [2.75, 3.05) is 0 Å². The van der Waals surface area contributed by atoms with Crippen LogP contribution in [-0.4, -0.2) is 15.0 Å². The van der Waals surface area contributed by atoms with E-state index in [1.165, 1.54) is 4.88 Å². The predicted molar refractivity (Wildman–Crippen MR) is 76.6 cm³/mol. The van der Waals surface area contributed by atoms with Gasteiger partial charge in [-0.2, -0.15) is 0 Å². The van der Waals surface area contributed by atoms with Crippen LogP contribution >= 0.6 is 34.5 Å². The Morgan fingerprint density at radius 3 is 2.83 bits per heavy atom. The van der Waals surface area contributed by atoms with Crippen molar-refractivity contribution in [1.82, 2.24) is 15.0 Å². The molecule has 92 valence electrons. The molecule has 0 unspecified atom stereocenters. The maximum absolute atomic E-state index is 5.93. The summed E-state index contributed by atoms with van der Waals surface area (Å²) in [5, 5.41) is 0.711. The molecule has 0 atom stereocenters. The summed E-state index contributed by atoms with van der Waals surface area (Å²) in [4.78, 5) is 14.2. The topological polar surface area (TPSA) is 41.6 Å². The number of H-pyrrole nitrogens is 1. The van der Waals surface area contributed by atoms with Gasteiger partial charge in [-0.1, -0.05) is 30.1 Å². The van der Waals surface area contributed by atoms with E-state index in [-0.39, 0.29) is 5.15 Å². The Balaban J connectivity index is 2.13. The molecule has 3 nitrogen and oxygen atoms in total. The summed E-state index contributed by atoms with van der Waals surface area (Å²) < 4.78 is 0. The molecule has 1 N–H and O–H groups in total. The Kier molecular flexibility index (Phi) is 3.01. The molecule has 0 saturated heterocycles. The SMILES string of the molecule is CCc1ccc(-c2nc3nc(Cl)c(Cl)cc3[nH]2)s1. The van der Waals surface area contributed by atoms with E-state index < -0.39 is 0 Å². The van der Waals surface area contributed by atoms with Gasteiger partial charge in [-0.3, -0.25) is 0 Å². The van der Waals surface area contributed by atoms with Crippen LogP contribution in [-0.2, 0) is 6.42 Å². The van der Waals surface area contributed by atoms with Crippen molar-refractivity contribution >= 4 is 45.7 Å². The first-order valence-electron chi connectivity index (χ1n) is 5.48. The summed E-state index contributed by atoms with van der Waals surface area (Å²) in [6, 6.07) is 5.92. The molecule has 0 aliphatic heterocycles. The first-order chi connectivity index (χ1) is 8.67. The van der Waals surface area contributed by atoms with Crippen LogP contribution in [0.25, 0.3) is 21.9 Å². The lowest BCUT2D eigenvalue weighted by Crippen LogP contribution is -1.79. The molecule has 0 saturated carbocycles. The largest absolute Gasteiger partial charge is 0.336 e. The van der Waals surface area contributed by atoms with Gasteiger partial charge >= 0.3 is 0 Å². The normalized spacial score (nSPS) is 11.3. The molecule has 0 radical (unpaired) electrons. The van der Waals surface area contributed by atoms with E-state index in [1.807, 2.05) is 0 Å². The minimum Gasteiger partial charge on any atom is -0.336 e. The lowest BCUT2D eigenvalue weighted by molar-refractivity contribution is 1.19. The first-order valence-corrected chi connectivity index (χ1v) is 7.05. The van der Waals surface area contributed by atoms with Crippen LogP contribution in [0.15, 0.2) is 18.2 Å². The number of fused-ring (bicyclic) bond motifs is 1. The van der Waals surface area contributed by atoms with Crippen LogP contribution in [0.4, 0.5) is 0 Å². The van der Waals surface area contributed by atoms with Crippen LogP contribution in [0, 0.1) is 0 Å². The van der Waals surface area contributed by atoms with Crippen molar-refractivity contribution in [3.05, 3.63) is 33.3 Å². The summed E-state index contributed by atoms with van der Waals surface area (Å²) in [6.07, 6.45) is 1.03. The lowest BCUT2D eigenvalue weighted by atomic mass is 10.3. The molecule has 0 amide bonds. The highest BCUT2D eigenvalue weighted by atomic mass is 35.5. The van der Waals surface area contributed by atoms with E-state index in [0.717, 1.165) is 22.6 Å². The molecule has 3 aromatic rings. The van der Waals surface area contributed by atoms with Gasteiger partial charge in [0.15, 0.2) is 11.5 Å². The second kappa shape index (κ2) is 4.53. The second-order valence-corrected chi connectivity index (χ2v) is 5.77. The van der Waals surface area contributed by atoms with Gasteiger partial charge in [-0.05, 0) is 24.6 Å². The number of nitrogens with one attached hydrogen (secondary N) is 1. The summed E-state index contributed by atoms with van der Waals surface area (Å²) in [7, 11) is 0. The van der Waals surface area contributed by atoms with Gasteiger partial charge in [0.05, 0.1) is 15.4 Å². The van der Waals surface area contributed by atoms with Crippen molar-refractivity contribution in [2.45, 2.75) is 13.3 Å². The minimum atomic E-state index is 0.280. The molecule has 3 rings (SSSR count). The zero-order chi connectivity index (χ0) is 12.7. The number of aromatic amines is 1. The smallest absolute Gasteiger partial charge is 0.179 e. The third kappa shape index (κ3) is 2.00. The average Bonchev–Trinajstić information content (AvgIpc) is 2.95. The van der Waals surface area contributed by atoms with Crippen molar-refractivity contribution < 1.29 is 0 Å². The first kappa shape index (κ1) is 12.0. The van der Waals surface area contributed by atoms with E-state index in [4.69, 9.17) is 23.2 Å². The number of nitrogens with zero attached hydrogens (tertiary/aromatic N) is 2. The van der Waals surface area contributed by atoms with Gasteiger partial charge in [-0.15, -0.1) is 11.3 Å². The van der Waals surface area contributed by atoms with Gasteiger partial charge in [-0.25, -0.2) is 9.97 Å². The number of pyridine rings is 1. The van der Waals surface area contributed by atoms with Crippen LogP contribution < -0.4 is 0 Å². The van der Waals surface area contributed by atoms with E-state index in [2.05, 4.69) is 34.0 Å². The molecular weight excluding hydrogens is 289 g/mol. The molecule has 6 heteroatoms. The van der Waals surface area contributed by atoms with E-state index >= 15 is 0 Å². The van der Waals surface area contributed by atoms with Crippen molar-refractivity contribution in [2.24, 2.45) is 0 Å². The van der Waals surface area contributed by atoms with Crippen molar-refractivity contribution in [3.63, 3.8) is 0 Å². The second-order valence-electron chi connectivity index (χ2n) is 3.84. The molecule has 0 bridgehead atoms. The van der Waals surface area contributed by atoms with Gasteiger partial charge in [0.25, 0.3) is 0 Å². The number of thiophene rings is 1. The van der Waals surface area contributed by atoms with E-state index in [9.17, 15) is 0 Å². The van der Waals surface area contributed by atoms with Crippen molar-refractivity contribution in [1.29, 1.82) is 0 Å². The van der Waals surface area contributed by atoms with Gasteiger partial charge in [0, 0.05) is 4.88 Å².